The van der Waals surface area contributed by atoms with E-state index >= 15 is 0 Å². The van der Waals surface area contributed by atoms with Crippen LogP contribution >= 0.6 is 0 Å². The van der Waals surface area contributed by atoms with Crippen LogP contribution in [-0.4, -0.2) is 25.9 Å². The Bertz CT molecular complexity index is 1020. The van der Waals surface area contributed by atoms with Crippen molar-refractivity contribution in [3.05, 3.63) is 72.4 Å². The molecule has 1 amide bonds. The Morgan fingerprint density at radius 1 is 0.917 bits per heavy atom. The molecule has 0 saturated heterocycles. The molecule has 2 aromatic carbocycles. The number of carbonyl (C=O) groups is 1. The summed E-state index contributed by atoms with van der Waals surface area (Å²) in [4.78, 5) is 11.5. The van der Waals surface area contributed by atoms with Gasteiger partial charge in [0.05, 0.1) is 11.3 Å². The highest BCUT2D eigenvalue weighted by Crippen LogP contribution is 2.20. The Labute approximate surface area is 137 Å². The highest BCUT2D eigenvalue weighted by molar-refractivity contribution is 6.04. The molecule has 0 radical (unpaired) electrons. The van der Waals surface area contributed by atoms with Gasteiger partial charge in [-0.05, 0) is 18.2 Å². The molecular weight excluding hydrogens is 302 g/mol. The summed E-state index contributed by atoms with van der Waals surface area (Å²) < 4.78 is 1.60. The van der Waals surface area contributed by atoms with Crippen molar-refractivity contribution in [3.8, 4) is 17.1 Å². The van der Waals surface area contributed by atoms with E-state index in [-0.39, 0.29) is 0 Å². The highest BCUT2D eigenvalue weighted by Gasteiger charge is 2.11. The van der Waals surface area contributed by atoms with Crippen LogP contribution in [0.3, 0.4) is 0 Å². The number of nitrogens with zero attached hydrogens (tertiary/aromatic N) is 4. The van der Waals surface area contributed by atoms with Gasteiger partial charge in [-0.25, -0.2) is 4.68 Å². The number of primary amides is 1. The van der Waals surface area contributed by atoms with E-state index in [2.05, 4.69) is 15.3 Å². The summed E-state index contributed by atoms with van der Waals surface area (Å²) in [6.07, 6.45) is 1.80. The lowest BCUT2D eigenvalue weighted by molar-refractivity contribution is 0.100. The molecule has 0 aliphatic carbocycles. The normalized spacial score (nSPS) is 10.8. The van der Waals surface area contributed by atoms with Crippen LogP contribution in [0.15, 0.2) is 66.9 Å². The Morgan fingerprint density at radius 2 is 1.75 bits per heavy atom. The summed E-state index contributed by atoms with van der Waals surface area (Å²) in [5.74, 6) is 0.0673. The maximum absolute atomic E-state index is 11.5. The second kappa shape index (κ2) is 5.58. The number of amides is 1. The average Bonchev–Trinajstić information content (AvgIpc) is 3.06. The van der Waals surface area contributed by atoms with Crippen molar-refractivity contribution >= 4 is 16.8 Å². The standard InChI is InChI=1S/C18H13N5O/c19-18(24)14-8-4-7-13-11-23(22-17(13)14)16-10-9-15(20-21-16)12-5-2-1-3-6-12/h1-11H,(H2,19,24). The van der Waals surface area contributed by atoms with E-state index in [0.29, 0.717) is 16.9 Å². The van der Waals surface area contributed by atoms with Gasteiger partial charge in [-0.1, -0.05) is 42.5 Å². The number of aromatic nitrogens is 4. The van der Waals surface area contributed by atoms with Crippen molar-refractivity contribution in [2.75, 3.05) is 0 Å². The second-order valence-electron chi connectivity index (χ2n) is 5.32. The predicted octanol–water partition coefficient (Wildman–Crippen LogP) is 2.58. The van der Waals surface area contributed by atoms with Crippen molar-refractivity contribution in [2.24, 2.45) is 5.73 Å². The lowest BCUT2D eigenvalue weighted by Gasteiger charge is -2.02. The number of hydrogen-bond acceptors (Lipinski definition) is 4. The first-order valence-electron chi connectivity index (χ1n) is 7.40. The zero-order chi connectivity index (χ0) is 16.5. The predicted molar refractivity (Wildman–Crippen MR) is 90.6 cm³/mol. The maximum Gasteiger partial charge on any atom is 0.250 e. The van der Waals surface area contributed by atoms with Crippen LogP contribution in [0.2, 0.25) is 0 Å². The van der Waals surface area contributed by atoms with Crippen LogP contribution in [-0.2, 0) is 0 Å². The molecule has 116 valence electrons. The van der Waals surface area contributed by atoms with E-state index in [1.165, 1.54) is 0 Å². The topological polar surface area (TPSA) is 86.7 Å². The Morgan fingerprint density at radius 3 is 2.46 bits per heavy atom. The van der Waals surface area contributed by atoms with Gasteiger partial charge in [0.1, 0.15) is 5.52 Å². The number of fused-ring (bicyclic) bond motifs is 1. The van der Waals surface area contributed by atoms with Gasteiger partial charge in [-0.15, -0.1) is 10.2 Å². The van der Waals surface area contributed by atoms with E-state index in [4.69, 9.17) is 5.73 Å². The molecule has 0 fully saturated rings. The fourth-order valence-corrected chi connectivity index (χ4v) is 2.57. The second-order valence-corrected chi connectivity index (χ2v) is 5.32. The van der Waals surface area contributed by atoms with E-state index in [1.807, 2.05) is 48.5 Å². The summed E-state index contributed by atoms with van der Waals surface area (Å²) in [6, 6.07) is 18.9. The summed E-state index contributed by atoms with van der Waals surface area (Å²) in [5, 5.41) is 13.7. The zero-order valence-electron chi connectivity index (χ0n) is 12.6. The Balaban J connectivity index is 1.75. The lowest BCUT2D eigenvalue weighted by atomic mass is 10.1. The Hall–Kier alpha value is -3.54. The summed E-state index contributed by atoms with van der Waals surface area (Å²) in [5.41, 5.74) is 8.12. The molecular formula is C18H13N5O. The Kier molecular flexibility index (Phi) is 3.28. The molecule has 0 atom stereocenters. The van der Waals surface area contributed by atoms with E-state index in [0.717, 1.165) is 16.6 Å². The van der Waals surface area contributed by atoms with Gasteiger partial charge in [0.15, 0.2) is 5.82 Å². The third kappa shape index (κ3) is 2.40. The minimum Gasteiger partial charge on any atom is -0.366 e. The van der Waals surface area contributed by atoms with E-state index in [9.17, 15) is 4.79 Å². The third-order valence-electron chi connectivity index (χ3n) is 3.76. The smallest absolute Gasteiger partial charge is 0.250 e. The summed E-state index contributed by atoms with van der Waals surface area (Å²) >= 11 is 0. The summed E-state index contributed by atoms with van der Waals surface area (Å²) in [6.45, 7) is 0. The summed E-state index contributed by atoms with van der Waals surface area (Å²) in [7, 11) is 0. The van der Waals surface area contributed by atoms with Crippen molar-refractivity contribution in [3.63, 3.8) is 0 Å². The molecule has 24 heavy (non-hydrogen) atoms. The van der Waals surface area contributed by atoms with Crippen molar-refractivity contribution in [1.29, 1.82) is 0 Å². The minimum atomic E-state index is -0.503. The van der Waals surface area contributed by atoms with Crippen LogP contribution in [0.5, 0.6) is 0 Å². The molecule has 0 aliphatic rings. The monoisotopic (exact) mass is 315 g/mol. The van der Waals surface area contributed by atoms with Crippen molar-refractivity contribution < 1.29 is 4.79 Å². The molecule has 6 nitrogen and oxygen atoms in total. The van der Waals surface area contributed by atoms with Gasteiger partial charge in [0, 0.05) is 17.1 Å². The van der Waals surface area contributed by atoms with Gasteiger partial charge < -0.3 is 5.73 Å². The largest absolute Gasteiger partial charge is 0.366 e. The fraction of sp³-hybridized carbons (Fsp3) is 0. The van der Waals surface area contributed by atoms with Gasteiger partial charge >= 0.3 is 0 Å². The molecule has 0 saturated carbocycles. The molecule has 2 aromatic heterocycles. The molecule has 4 rings (SSSR count). The first-order valence-corrected chi connectivity index (χ1v) is 7.40. The fourth-order valence-electron chi connectivity index (χ4n) is 2.57. The minimum absolute atomic E-state index is 0.389. The molecule has 4 aromatic rings. The van der Waals surface area contributed by atoms with Gasteiger partial charge in [-0.2, -0.15) is 5.10 Å². The van der Waals surface area contributed by atoms with Crippen LogP contribution in [0.1, 0.15) is 10.4 Å². The van der Waals surface area contributed by atoms with Gasteiger partial charge in [-0.3, -0.25) is 4.79 Å². The molecule has 0 spiro atoms. The molecule has 0 bridgehead atoms. The first kappa shape index (κ1) is 14.1. The molecule has 6 heteroatoms. The lowest BCUT2D eigenvalue weighted by Crippen LogP contribution is -2.11. The van der Waals surface area contributed by atoms with Gasteiger partial charge in [0.2, 0.25) is 0 Å². The number of nitrogens with two attached hydrogens (primary N) is 1. The zero-order valence-corrected chi connectivity index (χ0v) is 12.6. The van der Waals surface area contributed by atoms with Crippen LogP contribution in [0.4, 0.5) is 0 Å². The van der Waals surface area contributed by atoms with Crippen molar-refractivity contribution in [1.82, 2.24) is 20.0 Å². The number of carbonyl (C=O) groups excluding carboxylic acids is 1. The highest BCUT2D eigenvalue weighted by atomic mass is 16.1. The van der Waals surface area contributed by atoms with Crippen LogP contribution in [0.25, 0.3) is 28.0 Å². The third-order valence-corrected chi connectivity index (χ3v) is 3.76. The molecule has 2 heterocycles. The van der Waals surface area contributed by atoms with Crippen LogP contribution in [0, 0.1) is 0 Å². The van der Waals surface area contributed by atoms with Crippen molar-refractivity contribution in [2.45, 2.75) is 0 Å². The molecule has 0 unspecified atom stereocenters. The SMILES string of the molecule is NC(=O)c1cccc2cn(-c3ccc(-c4ccccc4)nn3)nc12. The quantitative estimate of drug-likeness (QED) is 0.629. The molecule has 2 N–H and O–H groups in total. The average molecular weight is 315 g/mol. The van der Waals surface area contributed by atoms with E-state index in [1.54, 1.807) is 23.0 Å². The number of rotatable bonds is 3. The first-order chi connectivity index (χ1) is 11.7. The maximum atomic E-state index is 11.5. The molecule has 0 aliphatic heterocycles. The number of benzene rings is 2. The number of hydrogen-bond donors (Lipinski definition) is 1. The van der Waals surface area contributed by atoms with E-state index < -0.39 is 5.91 Å². The van der Waals surface area contributed by atoms with Crippen LogP contribution < -0.4 is 5.73 Å². The van der Waals surface area contributed by atoms with Gasteiger partial charge in [0.25, 0.3) is 5.91 Å².